The van der Waals surface area contributed by atoms with Crippen LogP contribution in [0.1, 0.15) is 12.8 Å². The molecule has 0 aromatic rings. The Bertz CT molecular complexity index is 274. The van der Waals surface area contributed by atoms with Crippen LogP contribution in [0.3, 0.4) is 0 Å². The fourth-order valence-electron chi connectivity index (χ4n) is 0.743. The van der Waals surface area contributed by atoms with Crippen LogP contribution in [0.15, 0.2) is 12.7 Å². The third kappa shape index (κ3) is 5.58. The number of carboxylic acid groups (broad SMARTS) is 1. The molecule has 0 radical (unpaired) electrons. The number of Topliss-reactive ketones (excluding diaryl/α,β-unsaturated/α-hetero) is 1. The molecule has 1 atom stereocenters. The fourth-order valence-corrected chi connectivity index (χ4v) is 0.743. The van der Waals surface area contributed by atoms with E-state index in [0.717, 1.165) is 6.08 Å². The fraction of sp³-hybridized carbons (Fsp3) is 0.444. The molecule has 0 saturated heterocycles. The highest BCUT2D eigenvalue weighted by Crippen LogP contribution is 2.00. The number of ketones is 1. The SMILES string of the molecule is C=CC(OC(=O)CCC(=O)CN)C(=O)O. The van der Waals surface area contributed by atoms with Crippen LogP contribution in [-0.2, 0) is 19.1 Å². The third-order valence-electron chi connectivity index (χ3n) is 1.55. The van der Waals surface area contributed by atoms with Crippen LogP contribution < -0.4 is 5.73 Å². The van der Waals surface area contributed by atoms with Crippen molar-refractivity contribution in [2.24, 2.45) is 5.73 Å². The number of carbonyl (C=O) groups excluding carboxylic acids is 2. The van der Waals surface area contributed by atoms with Gasteiger partial charge in [0.1, 0.15) is 5.78 Å². The Morgan fingerprint density at radius 3 is 2.40 bits per heavy atom. The number of rotatable bonds is 7. The van der Waals surface area contributed by atoms with Crippen LogP contribution in [0.4, 0.5) is 0 Å². The van der Waals surface area contributed by atoms with Crippen molar-refractivity contribution in [1.29, 1.82) is 0 Å². The number of esters is 1. The standard InChI is InChI=1S/C9H13NO5/c1-2-7(9(13)14)15-8(12)4-3-6(11)5-10/h2,7H,1,3-5,10H2,(H,13,14). The van der Waals surface area contributed by atoms with E-state index in [1.54, 1.807) is 0 Å². The molecule has 0 saturated carbocycles. The predicted octanol–water partition coefficient (Wildman–Crippen LogP) is -0.523. The molecule has 1 unspecified atom stereocenters. The van der Waals surface area contributed by atoms with E-state index < -0.39 is 18.0 Å². The molecule has 0 aliphatic heterocycles. The zero-order chi connectivity index (χ0) is 11.8. The molecule has 0 bridgehead atoms. The first-order chi connectivity index (χ1) is 7.01. The molecular formula is C9H13NO5. The molecule has 0 aliphatic carbocycles. The predicted molar refractivity (Wildman–Crippen MR) is 51.0 cm³/mol. The van der Waals surface area contributed by atoms with Gasteiger partial charge in [0.05, 0.1) is 13.0 Å². The van der Waals surface area contributed by atoms with Crippen LogP contribution >= 0.6 is 0 Å². The lowest BCUT2D eigenvalue weighted by atomic mass is 10.2. The molecule has 0 aromatic heterocycles. The van der Waals surface area contributed by atoms with Crippen LogP contribution in [-0.4, -0.2) is 35.5 Å². The van der Waals surface area contributed by atoms with Gasteiger partial charge in [0.2, 0.25) is 6.10 Å². The van der Waals surface area contributed by atoms with Gasteiger partial charge in [-0.25, -0.2) is 4.79 Å². The minimum Gasteiger partial charge on any atom is -0.478 e. The summed E-state index contributed by atoms with van der Waals surface area (Å²) in [5.74, 6) is -2.34. The lowest BCUT2D eigenvalue weighted by Crippen LogP contribution is -2.25. The number of aliphatic carboxylic acids is 1. The summed E-state index contributed by atoms with van der Waals surface area (Å²) in [5, 5.41) is 8.51. The monoisotopic (exact) mass is 215 g/mol. The molecule has 6 nitrogen and oxygen atoms in total. The first-order valence-electron chi connectivity index (χ1n) is 4.27. The molecule has 0 spiro atoms. The van der Waals surface area contributed by atoms with Crippen LogP contribution in [0.5, 0.6) is 0 Å². The number of carbonyl (C=O) groups is 3. The van der Waals surface area contributed by atoms with Gasteiger partial charge >= 0.3 is 11.9 Å². The smallest absolute Gasteiger partial charge is 0.349 e. The summed E-state index contributed by atoms with van der Waals surface area (Å²) in [6, 6.07) is 0. The first-order valence-corrected chi connectivity index (χ1v) is 4.27. The maximum Gasteiger partial charge on any atom is 0.349 e. The molecule has 84 valence electrons. The van der Waals surface area contributed by atoms with E-state index in [9.17, 15) is 14.4 Å². The second-order valence-electron chi connectivity index (χ2n) is 2.73. The van der Waals surface area contributed by atoms with Crippen molar-refractivity contribution in [3.63, 3.8) is 0 Å². The summed E-state index contributed by atoms with van der Waals surface area (Å²) >= 11 is 0. The van der Waals surface area contributed by atoms with E-state index in [0.29, 0.717) is 0 Å². The molecule has 15 heavy (non-hydrogen) atoms. The molecule has 0 fully saturated rings. The molecule has 6 heteroatoms. The van der Waals surface area contributed by atoms with E-state index in [-0.39, 0.29) is 25.2 Å². The van der Waals surface area contributed by atoms with Gasteiger partial charge in [0.15, 0.2) is 0 Å². The van der Waals surface area contributed by atoms with Crippen molar-refractivity contribution >= 4 is 17.7 Å². The van der Waals surface area contributed by atoms with Crippen LogP contribution in [0, 0.1) is 0 Å². The van der Waals surface area contributed by atoms with Gasteiger partial charge in [0, 0.05) is 6.42 Å². The van der Waals surface area contributed by atoms with Gasteiger partial charge in [-0.15, -0.1) is 0 Å². The third-order valence-corrected chi connectivity index (χ3v) is 1.55. The van der Waals surface area contributed by atoms with Gasteiger partial charge in [-0.2, -0.15) is 0 Å². The second-order valence-corrected chi connectivity index (χ2v) is 2.73. The molecular weight excluding hydrogens is 202 g/mol. The molecule has 0 aliphatic rings. The molecule has 0 amide bonds. The van der Waals surface area contributed by atoms with Crippen LogP contribution in [0.2, 0.25) is 0 Å². The molecule has 0 heterocycles. The summed E-state index contributed by atoms with van der Waals surface area (Å²) in [4.78, 5) is 32.2. The first kappa shape index (κ1) is 13.3. The maximum absolute atomic E-state index is 11.0. The maximum atomic E-state index is 11.0. The van der Waals surface area contributed by atoms with Gasteiger partial charge in [-0.3, -0.25) is 9.59 Å². The molecule has 0 aromatic carbocycles. The Hall–Kier alpha value is -1.69. The Kier molecular flexibility index (Phi) is 5.96. The Balaban J connectivity index is 3.97. The molecule has 3 N–H and O–H groups in total. The summed E-state index contributed by atoms with van der Waals surface area (Å²) in [5.41, 5.74) is 5.02. The normalized spacial score (nSPS) is 11.5. The van der Waals surface area contributed by atoms with Crippen molar-refractivity contribution < 1.29 is 24.2 Å². The zero-order valence-electron chi connectivity index (χ0n) is 8.14. The topological polar surface area (TPSA) is 107 Å². The minimum absolute atomic E-state index is 0.0428. The Morgan fingerprint density at radius 2 is 2.00 bits per heavy atom. The Labute approximate surface area is 86.7 Å². The minimum atomic E-state index is -1.37. The number of ether oxygens (including phenoxy) is 1. The highest BCUT2D eigenvalue weighted by Gasteiger charge is 2.18. The van der Waals surface area contributed by atoms with E-state index >= 15 is 0 Å². The van der Waals surface area contributed by atoms with Gasteiger partial charge < -0.3 is 15.6 Å². The zero-order valence-corrected chi connectivity index (χ0v) is 8.14. The van der Waals surface area contributed by atoms with E-state index in [1.807, 2.05) is 0 Å². The van der Waals surface area contributed by atoms with E-state index in [4.69, 9.17) is 10.8 Å². The quantitative estimate of drug-likeness (QED) is 0.437. The number of hydrogen-bond donors (Lipinski definition) is 2. The van der Waals surface area contributed by atoms with Crippen molar-refractivity contribution in [2.75, 3.05) is 6.54 Å². The van der Waals surface area contributed by atoms with Crippen molar-refractivity contribution in [3.8, 4) is 0 Å². The number of carboxylic acids is 1. The van der Waals surface area contributed by atoms with E-state index in [2.05, 4.69) is 11.3 Å². The van der Waals surface area contributed by atoms with Gasteiger partial charge in [-0.1, -0.05) is 6.58 Å². The summed E-state index contributed by atoms with van der Waals surface area (Å²) < 4.78 is 4.51. The summed E-state index contributed by atoms with van der Waals surface area (Å²) in [6.45, 7) is 3.06. The summed E-state index contributed by atoms with van der Waals surface area (Å²) in [7, 11) is 0. The highest BCUT2D eigenvalue weighted by atomic mass is 16.6. The number of nitrogens with two attached hydrogens (primary N) is 1. The van der Waals surface area contributed by atoms with Crippen molar-refractivity contribution in [2.45, 2.75) is 18.9 Å². The Morgan fingerprint density at radius 1 is 1.40 bits per heavy atom. The average molecular weight is 215 g/mol. The van der Waals surface area contributed by atoms with Crippen molar-refractivity contribution in [1.82, 2.24) is 0 Å². The van der Waals surface area contributed by atoms with Gasteiger partial charge in [0.25, 0.3) is 0 Å². The van der Waals surface area contributed by atoms with Gasteiger partial charge in [-0.05, 0) is 6.08 Å². The lowest BCUT2D eigenvalue weighted by molar-refractivity contribution is -0.160. The average Bonchev–Trinajstić information content (AvgIpc) is 2.21. The van der Waals surface area contributed by atoms with Crippen molar-refractivity contribution in [3.05, 3.63) is 12.7 Å². The number of hydrogen-bond acceptors (Lipinski definition) is 5. The lowest BCUT2D eigenvalue weighted by Gasteiger charge is -2.08. The van der Waals surface area contributed by atoms with E-state index in [1.165, 1.54) is 0 Å². The highest BCUT2D eigenvalue weighted by molar-refractivity contribution is 5.85. The second kappa shape index (κ2) is 6.72. The van der Waals surface area contributed by atoms with Crippen LogP contribution in [0.25, 0.3) is 0 Å². The largest absolute Gasteiger partial charge is 0.478 e. The summed E-state index contributed by atoms with van der Waals surface area (Å²) in [6.07, 6.45) is -0.595. The molecule has 0 rings (SSSR count).